The number of hydrogen-bond acceptors (Lipinski definition) is 4. The van der Waals surface area contributed by atoms with Crippen molar-refractivity contribution < 1.29 is 9.18 Å². The van der Waals surface area contributed by atoms with E-state index < -0.39 is 0 Å². The third-order valence-corrected chi connectivity index (χ3v) is 4.65. The average Bonchev–Trinajstić information content (AvgIpc) is 2.94. The summed E-state index contributed by atoms with van der Waals surface area (Å²) in [7, 11) is 1.89. The van der Waals surface area contributed by atoms with Crippen LogP contribution < -0.4 is 0 Å². The Labute approximate surface area is 143 Å². The molecule has 0 aliphatic carbocycles. The lowest BCUT2D eigenvalue weighted by Crippen LogP contribution is -2.05. The second-order valence-corrected chi connectivity index (χ2v) is 6.28. The van der Waals surface area contributed by atoms with Gasteiger partial charge in [0.15, 0.2) is 10.9 Å². The first-order chi connectivity index (χ1) is 11.6. The quantitative estimate of drug-likeness (QED) is 0.508. The fourth-order valence-electron chi connectivity index (χ4n) is 2.25. The van der Waals surface area contributed by atoms with Gasteiger partial charge in [0.1, 0.15) is 11.6 Å². The monoisotopic (exact) mass is 341 g/mol. The predicted octanol–water partition coefficient (Wildman–Crippen LogP) is 3.52. The van der Waals surface area contributed by atoms with Gasteiger partial charge in [-0.05, 0) is 29.8 Å². The highest BCUT2D eigenvalue weighted by molar-refractivity contribution is 7.99. The number of carbonyl (C=O) groups is 1. The minimum atomic E-state index is -0.349. The van der Waals surface area contributed by atoms with E-state index in [9.17, 15) is 9.18 Å². The molecule has 3 aromatic rings. The van der Waals surface area contributed by atoms with E-state index in [0.717, 1.165) is 11.4 Å². The Kier molecular flexibility index (Phi) is 5.05. The van der Waals surface area contributed by atoms with Crippen LogP contribution in [-0.4, -0.2) is 26.3 Å². The maximum Gasteiger partial charge on any atom is 0.191 e. The van der Waals surface area contributed by atoms with E-state index in [0.29, 0.717) is 17.1 Å². The average molecular weight is 341 g/mol. The van der Waals surface area contributed by atoms with Gasteiger partial charge < -0.3 is 4.57 Å². The Morgan fingerprint density at radius 3 is 2.50 bits per heavy atom. The molecule has 0 fully saturated rings. The fourth-order valence-corrected chi connectivity index (χ4v) is 3.08. The highest BCUT2D eigenvalue weighted by Gasteiger charge is 2.13. The molecule has 0 aliphatic rings. The van der Waals surface area contributed by atoms with Crippen molar-refractivity contribution in [2.45, 2.75) is 11.6 Å². The summed E-state index contributed by atoms with van der Waals surface area (Å²) in [5, 5.41) is 9.05. The molecule has 0 radical (unpaired) electrons. The van der Waals surface area contributed by atoms with E-state index in [4.69, 9.17) is 0 Å². The number of benzene rings is 2. The molecule has 0 amide bonds. The van der Waals surface area contributed by atoms with Gasteiger partial charge in [0, 0.05) is 19.0 Å². The molecule has 0 bridgehead atoms. The third kappa shape index (κ3) is 3.89. The Balaban J connectivity index is 1.64. The van der Waals surface area contributed by atoms with E-state index in [1.165, 1.54) is 36.0 Å². The lowest BCUT2D eigenvalue weighted by molar-refractivity contribution is 0.102. The van der Waals surface area contributed by atoms with Crippen LogP contribution in [0.4, 0.5) is 4.39 Å². The fraction of sp³-hybridized carbons (Fsp3) is 0.167. The van der Waals surface area contributed by atoms with Crippen LogP contribution in [-0.2, 0) is 13.5 Å². The van der Waals surface area contributed by atoms with Crippen LogP contribution >= 0.6 is 11.8 Å². The summed E-state index contributed by atoms with van der Waals surface area (Å²) in [6.45, 7) is 0. The SMILES string of the molecule is Cn1c(Cc2ccccc2)nnc1SCC(=O)c1ccc(F)cc1. The van der Waals surface area contributed by atoms with Gasteiger partial charge in [0.2, 0.25) is 0 Å². The first-order valence-electron chi connectivity index (χ1n) is 7.47. The summed E-state index contributed by atoms with van der Waals surface area (Å²) in [5.74, 6) is 0.673. The summed E-state index contributed by atoms with van der Waals surface area (Å²) in [6, 6.07) is 15.6. The van der Waals surface area contributed by atoms with Crippen molar-refractivity contribution in [1.82, 2.24) is 14.8 Å². The Morgan fingerprint density at radius 2 is 1.79 bits per heavy atom. The number of aromatic nitrogens is 3. The van der Waals surface area contributed by atoms with Crippen LogP contribution in [0.2, 0.25) is 0 Å². The number of ketones is 1. The van der Waals surface area contributed by atoms with Crippen LogP contribution in [0.5, 0.6) is 0 Å². The molecule has 0 unspecified atom stereocenters. The number of rotatable bonds is 6. The van der Waals surface area contributed by atoms with Crippen molar-refractivity contribution in [2.24, 2.45) is 7.05 Å². The lowest BCUT2D eigenvalue weighted by atomic mass is 10.1. The van der Waals surface area contributed by atoms with E-state index in [1.807, 2.05) is 41.9 Å². The van der Waals surface area contributed by atoms with Crippen LogP contribution in [0.1, 0.15) is 21.7 Å². The number of hydrogen-bond donors (Lipinski definition) is 0. The van der Waals surface area contributed by atoms with Crippen LogP contribution in [0, 0.1) is 5.82 Å². The second kappa shape index (κ2) is 7.40. The first kappa shape index (κ1) is 16.4. The molecule has 0 spiro atoms. The van der Waals surface area contributed by atoms with Gasteiger partial charge in [0.05, 0.1) is 5.75 Å². The summed E-state index contributed by atoms with van der Waals surface area (Å²) < 4.78 is 14.8. The van der Waals surface area contributed by atoms with Gasteiger partial charge in [-0.25, -0.2) is 4.39 Å². The van der Waals surface area contributed by atoms with Crippen molar-refractivity contribution in [1.29, 1.82) is 0 Å². The number of Topliss-reactive ketones (excluding diaryl/α,β-unsaturated/α-hetero) is 1. The molecule has 3 rings (SSSR count). The van der Waals surface area contributed by atoms with Gasteiger partial charge in [-0.1, -0.05) is 42.1 Å². The van der Waals surface area contributed by atoms with Crippen molar-refractivity contribution in [3.8, 4) is 0 Å². The topological polar surface area (TPSA) is 47.8 Å². The molecule has 6 heteroatoms. The van der Waals surface area contributed by atoms with Crippen molar-refractivity contribution in [2.75, 3.05) is 5.75 Å². The summed E-state index contributed by atoms with van der Waals surface area (Å²) in [6.07, 6.45) is 0.691. The smallest absolute Gasteiger partial charge is 0.191 e. The molecule has 0 saturated carbocycles. The Morgan fingerprint density at radius 1 is 1.08 bits per heavy atom. The van der Waals surface area contributed by atoms with Crippen molar-refractivity contribution in [3.63, 3.8) is 0 Å². The number of nitrogens with zero attached hydrogens (tertiary/aromatic N) is 3. The third-order valence-electron chi connectivity index (χ3n) is 3.63. The zero-order valence-electron chi connectivity index (χ0n) is 13.1. The molecular weight excluding hydrogens is 325 g/mol. The minimum absolute atomic E-state index is 0.0624. The number of carbonyl (C=O) groups excluding carboxylic acids is 1. The second-order valence-electron chi connectivity index (χ2n) is 5.34. The normalized spacial score (nSPS) is 10.8. The summed E-state index contributed by atoms with van der Waals surface area (Å²) in [5.41, 5.74) is 1.66. The maximum atomic E-state index is 12.9. The van der Waals surface area contributed by atoms with Crippen molar-refractivity contribution in [3.05, 3.63) is 77.4 Å². The molecule has 4 nitrogen and oxygen atoms in total. The molecule has 0 N–H and O–H groups in total. The van der Waals surface area contributed by atoms with E-state index >= 15 is 0 Å². The predicted molar refractivity (Wildman–Crippen MR) is 91.7 cm³/mol. The summed E-state index contributed by atoms with van der Waals surface area (Å²) >= 11 is 1.33. The standard InChI is InChI=1S/C18H16FN3OS/c1-22-17(11-13-5-3-2-4-6-13)20-21-18(22)24-12-16(23)14-7-9-15(19)10-8-14/h2-10H,11-12H2,1H3. The molecule has 0 saturated heterocycles. The van der Waals surface area contributed by atoms with Gasteiger partial charge in [-0.2, -0.15) is 0 Å². The Hall–Kier alpha value is -2.47. The van der Waals surface area contributed by atoms with Gasteiger partial charge >= 0.3 is 0 Å². The van der Waals surface area contributed by atoms with E-state index in [-0.39, 0.29) is 17.4 Å². The highest BCUT2D eigenvalue weighted by Crippen LogP contribution is 2.19. The van der Waals surface area contributed by atoms with Crippen LogP contribution in [0.15, 0.2) is 59.8 Å². The van der Waals surface area contributed by atoms with E-state index in [2.05, 4.69) is 10.2 Å². The highest BCUT2D eigenvalue weighted by atomic mass is 32.2. The molecule has 2 aromatic carbocycles. The van der Waals surface area contributed by atoms with E-state index in [1.54, 1.807) is 0 Å². The van der Waals surface area contributed by atoms with Crippen molar-refractivity contribution >= 4 is 17.5 Å². The largest absolute Gasteiger partial charge is 0.309 e. The number of thioether (sulfide) groups is 1. The Bertz CT molecular complexity index is 831. The summed E-state index contributed by atoms with van der Waals surface area (Å²) in [4.78, 5) is 12.1. The maximum absolute atomic E-state index is 12.9. The van der Waals surface area contributed by atoms with Crippen LogP contribution in [0.3, 0.4) is 0 Å². The minimum Gasteiger partial charge on any atom is -0.309 e. The lowest BCUT2D eigenvalue weighted by Gasteiger charge is -2.04. The zero-order chi connectivity index (χ0) is 16.9. The molecule has 1 heterocycles. The molecule has 0 aliphatic heterocycles. The van der Waals surface area contributed by atoms with Crippen LogP contribution in [0.25, 0.3) is 0 Å². The molecule has 24 heavy (non-hydrogen) atoms. The molecular formula is C18H16FN3OS. The first-order valence-corrected chi connectivity index (χ1v) is 8.46. The van der Waals surface area contributed by atoms with Gasteiger partial charge in [0.25, 0.3) is 0 Å². The van der Waals surface area contributed by atoms with Gasteiger partial charge in [-0.15, -0.1) is 10.2 Å². The number of halogens is 1. The van der Waals surface area contributed by atoms with Gasteiger partial charge in [-0.3, -0.25) is 4.79 Å². The molecule has 122 valence electrons. The zero-order valence-corrected chi connectivity index (χ0v) is 14.0. The molecule has 0 atom stereocenters. The molecule has 1 aromatic heterocycles.